The van der Waals surface area contributed by atoms with Crippen LogP contribution >= 0.6 is 23.2 Å². The van der Waals surface area contributed by atoms with Crippen molar-refractivity contribution in [3.05, 3.63) is 33.8 Å². The smallest absolute Gasteiger partial charge is 0.255 e. The van der Waals surface area contributed by atoms with Crippen LogP contribution in [0.15, 0.2) is 18.2 Å². The second kappa shape index (κ2) is 6.59. The van der Waals surface area contributed by atoms with Gasteiger partial charge in [0.05, 0.1) is 10.6 Å². The average molecular weight is 314 g/mol. The zero-order valence-electron chi connectivity index (χ0n) is 11.4. The Balaban J connectivity index is 2.03. The number of hydrogen-bond donors (Lipinski definition) is 0. The molecule has 2 rings (SSSR count). The lowest BCUT2D eigenvalue weighted by molar-refractivity contribution is -0.123. The standard InChI is InChI=1S/C15H17Cl2NO2/c1-2-14(19)10-5-7-18(8-6-10)15(20)12-4-3-11(16)9-13(12)17/h3-4,9-10H,2,5-8H2,1H3. The van der Waals surface area contributed by atoms with E-state index in [1.807, 2.05) is 6.92 Å². The molecule has 5 heteroatoms. The molecule has 0 saturated carbocycles. The van der Waals surface area contributed by atoms with Gasteiger partial charge in [-0.25, -0.2) is 0 Å². The number of benzene rings is 1. The highest BCUT2D eigenvalue weighted by Crippen LogP contribution is 2.25. The zero-order valence-corrected chi connectivity index (χ0v) is 12.9. The predicted octanol–water partition coefficient (Wildman–Crippen LogP) is 3.82. The Bertz CT molecular complexity index is 523. The summed E-state index contributed by atoms with van der Waals surface area (Å²) in [4.78, 5) is 25.8. The monoisotopic (exact) mass is 313 g/mol. The molecule has 1 aromatic carbocycles. The molecule has 0 unspecified atom stereocenters. The summed E-state index contributed by atoms with van der Waals surface area (Å²) < 4.78 is 0. The topological polar surface area (TPSA) is 37.4 Å². The third-order valence-corrected chi connectivity index (χ3v) is 4.30. The second-order valence-corrected chi connectivity index (χ2v) is 5.85. The van der Waals surface area contributed by atoms with Gasteiger partial charge in [-0.1, -0.05) is 30.1 Å². The van der Waals surface area contributed by atoms with E-state index in [9.17, 15) is 9.59 Å². The molecule has 20 heavy (non-hydrogen) atoms. The number of piperidine rings is 1. The van der Waals surface area contributed by atoms with Gasteiger partial charge in [-0.05, 0) is 31.0 Å². The van der Waals surface area contributed by atoms with Gasteiger partial charge >= 0.3 is 0 Å². The van der Waals surface area contributed by atoms with Gasteiger partial charge in [-0.15, -0.1) is 0 Å². The maximum Gasteiger partial charge on any atom is 0.255 e. The highest BCUT2D eigenvalue weighted by Gasteiger charge is 2.27. The molecule has 1 saturated heterocycles. The van der Waals surface area contributed by atoms with E-state index in [1.165, 1.54) is 0 Å². The zero-order chi connectivity index (χ0) is 14.7. The van der Waals surface area contributed by atoms with Gasteiger partial charge < -0.3 is 4.90 Å². The molecule has 1 aliphatic rings. The number of nitrogens with zero attached hydrogens (tertiary/aromatic N) is 1. The van der Waals surface area contributed by atoms with Crippen LogP contribution in [-0.4, -0.2) is 29.7 Å². The van der Waals surface area contributed by atoms with Crippen LogP contribution in [0.25, 0.3) is 0 Å². The van der Waals surface area contributed by atoms with E-state index in [2.05, 4.69) is 0 Å². The Morgan fingerprint density at radius 1 is 1.25 bits per heavy atom. The van der Waals surface area contributed by atoms with Crippen molar-refractivity contribution in [2.75, 3.05) is 13.1 Å². The van der Waals surface area contributed by atoms with Gasteiger partial charge in [0.1, 0.15) is 5.78 Å². The van der Waals surface area contributed by atoms with E-state index in [-0.39, 0.29) is 11.8 Å². The Morgan fingerprint density at radius 3 is 2.45 bits per heavy atom. The molecule has 0 spiro atoms. The van der Waals surface area contributed by atoms with Gasteiger partial charge in [0.25, 0.3) is 5.91 Å². The lowest BCUT2D eigenvalue weighted by Gasteiger charge is -2.31. The summed E-state index contributed by atoms with van der Waals surface area (Å²) in [5.74, 6) is 0.306. The van der Waals surface area contributed by atoms with Gasteiger partial charge in [0.15, 0.2) is 0 Å². The van der Waals surface area contributed by atoms with E-state index < -0.39 is 0 Å². The minimum atomic E-state index is -0.0888. The fourth-order valence-corrected chi connectivity index (χ4v) is 3.02. The second-order valence-electron chi connectivity index (χ2n) is 5.01. The molecule has 1 aliphatic heterocycles. The van der Waals surface area contributed by atoms with Crippen molar-refractivity contribution >= 4 is 34.9 Å². The largest absolute Gasteiger partial charge is 0.339 e. The fraction of sp³-hybridized carbons (Fsp3) is 0.467. The van der Waals surface area contributed by atoms with Crippen LogP contribution in [0.2, 0.25) is 10.0 Å². The first-order chi connectivity index (χ1) is 9.52. The normalized spacial score (nSPS) is 16.2. The lowest BCUT2D eigenvalue weighted by Crippen LogP contribution is -2.40. The Morgan fingerprint density at radius 2 is 1.90 bits per heavy atom. The summed E-state index contributed by atoms with van der Waals surface area (Å²) in [5.41, 5.74) is 0.469. The number of hydrogen-bond acceptors (Lipinski definition) is 2. The van der Waals surface area contributed by atoms with Crippen molar-refractivity contribution in [1.82, 2.24) is 4.90 Å². The van der Waals surface area contributed by atoms with Crippen LogP contribution in [0.5, 0.6) is 0 Å². The fourth-order valence-electron chi connectivity index (χ4n) is 2.53. The Labute approximate surface area is 128 Å². The molecule has 0 bridgehead atoms. The number of ketones is 1. The van der Waals surface area contributed by atoms with Crippen molar-refractivity contribution in [3.8, 4) is 0 Å². The SMILES string of the molecule is CCC(=O)C1CCN(C(=O)c2ccc(Cl)cc2Cl)CC1. The number of rotatable bonds is 3. The summed E-state index contributed by atoms with van der Waals surface area (Å²) in [7, 11) is 0. The Kier molecular flexibility index (Phi) is 5.06. The third kappa shape index (κ3) is 3.33. The molecular formula is C15H17Cl2NO2. The van der Waals surface area contributed by atoms with Gasteiger partial charge in [-0.3, -0.25) is 9.59 Å². The quantitative estimate of drug-likeness (QED) is 0.850. The first-order valence-electron chi connectivity index (χ1n) is 6.80. The number of carbonyl (C=O) groups excluding carboxylic acids is 2. The van der Waals surface area contributed by atoms with Gasteiger partial charge in [0, 0.05) is 30.5 Å². The maximum atomic E-state index is 12.4. The first kappa shape index (κ1) is 15.3. The van der Waals surface area contributed by atoms with E-state index in [1.54, 1.807) is 23.1 Å². The minimum Gasteiger partial charge on any atom is -0.339 e. The van der Waals surface area contributed by atoms with Crippen molar-refractivity contribution in [1.29, 1.82) is 0 Å². The number of carbonyl (C=O) groups is 2. The van der Waals surface area contributed by atoms with E-state index in [4.69, 9.17) is 23.2 Å². The van der Waals surface area contributed by atoms with Gasteiger partial charge in [0.2, 0.25) is 0 Å². The molecule has 1 fully saturated rings. The number of Topliss-reactive ketones (excluding diaryl/α,β-unsaturated/α-hetero) is 1. The molecule has 1 heterocycles. The molecule has 1 amide bonds. The number of amides is 1. The molecule has 0 radical (unpaired) electrons. The first-order valence-corrected chi connectivity index (χ1v) is 7.55. The van der Waals surface area contributed by atoms with Crippen LogP contribution in [0.3, 0.4) is 0 Å². The van der Waals surface area contributed by atoms with E-state index in [0.717, 1.165) is 12.8 Å². The summed E-state index contributed by atoms with van der Waals surface area (Å²) in [6.07, 6.45) is 2.05. The highest BCUT2D eigenvalue weighted by molar-refractivity contribution is 6.36. The summed E-state index contributed by atoms with van der Waals surface area (Å²) in [6.45, 7) is 3.09. The molecule has 3 nitrogen and oxygen atoms in total. The molecular weight excluding hydrogens is 297 g/mol. The van der Waals surface area contributed by atoms with Crippen LogP contribution in [0.4, 0.5) is 0 Å². The molecule has 0 aliphatic carbocycles. The van der Waals surface area contributed by atoms with Gasteiger partial charge in [-0.2, -0.15) is 0 Å². The number of halogens is 2. The summed E-state index contributed by atoms with van der Waals surface area (Å²) in [6, 6.07) is 4.88. The maximum absolute atomic E-state index is 12.4. The molecule has 108 valence electrons. The number of likely N-dealkylation sites (tertiary alicyclic amines) is 1. The summed E-state index contributed by atoms with van der Waals surface area (Å²) >= 11 is 11.9. The average Bonchev–Trinajstić information content (AvgIpc) is 2.46. The predicted molar refractivity (Wildman–Crippen MR) is 80.4 cm³/mol. The summed E-state index contributed by atoms with van der Waals surface area (Å²) in [5, 5.41) is 0.882. The molecule has 0 atom stereocenters. The highest BCUT2D eigenvalue weighted by atomic mass is 35.5. The van der Waals surface area contributed by atoms with Crippen molar-refractivity contribution in [2.45, 2.75) is 26.2 Å². The van der Waals surface area contributed by atoms with Crippen LogP contribution in [0.1, 0.15) is 36.5 Å². The van der Waals surface area contributed by atoms with E-state index in [0.29, 0.717) is 40.9 Å². The lowest BCUT2D eigenvalue weighted by atomic mass is 9.91. The van der Waals surface area contributed by atoms with E-state index >= 15 is 0 Å². The Hall–Kier alpha value is -1.06. The third-order valence-electron chi connectivity index (χ3n) is 3.75. The molecule has 0 N–H and O–H groups in total. The van der Waals surface area contributed by atoms with Crippen LogP contribution in [0, 0.1) is 5.92 Å². The van der Waals surface area contributed by atoms with Crippen LogP contribution in [-0.2, 0) is 4.79 Å². The van der Waals surface area contributed by atoms with Crippen LogP contribution < -0.4 is 0 Å². The van der Waals surface area contributed by atoms with Crippen molar-refractivity contribution in [3.63, 3.8) is 0 Å². The minimum absolute atomic E-state index is 0.0888. The van der Waals surface area contributed by atoms with Crippen molar-refractivity contribution < 1.29 is 9.59 Å². The van der Waals surface area contributed by atoms with Crippen molar-refractivity contribution in [2.24, 2.45) is 5.92 Å². The molecule has 0 aromatic heterocycles. The molecule has 1 aromatic rings.